The summed E-state index contributed by atoms with van der Waals surface area (Å²) in [6.07, 6.45) is -4.37. The Morgan fingerprint density at radius 2 is 1.91 bits per heavy atom. The molecule has 1 saturated carbocycles. The molecule has 1 unspecified atom stereocenters. The predicted molar refractivity (Wildman–Crippen MR) is 114 cm³/mol. The Bertz CT molecular complexity index is 1300. The molecule has 11 heteroatoms. The van der Waals surface area contributed by atoms with E-state index < -0.39 is 35.3 Å². The summed E-state index contributed by atoms with van der Waals surface area (Å²) in [7, 11) is 0. The van der Waals surface area contributed by atoms with E-state index in [1.807, 2.05) is 0 Å². The van der Waals surface area contributed by atoms with Crippen molar-refractivity contribution in [3.63, 3.8) is 0 Å². The van der Waals surface area contributed by atoms with Crippen LogP contribution < -0.4 is 16.6 Å². The van der Waals surface area contributed by atoms with Crippen LogP contribution in [0.2, 0.25) is 0 Å². The Hall–Kier alpha value is -3.50. The third-order valence-corrected chi connectivity index (χ3v) is 5.68. The molecule has 1 atom stereocenters. The van der Waals surface area contributed by atoms with Gasteiger partial charge in [-0.05, 0) is 43.5 Å². The van der Waals surface area contributed by atoms with Crippen molar-refractivity contribution >= 4 is 22.4 Å². The van der Waals surface area contributed by atoms with E-state index in [4.69, 9.17) is 5.73 Å². The zero-order valence-electron chi connectivity index (χ0n) is 17.5. The first-order valence-electron chi connectivity index (χ1n) is 10.0. The SMILES string of the molecule is C=CC(Nc1nc(C)nc2cc(=O)n(C3(C(F)F)CC3)cc12)c1cc(N)cc(C(F)(F)F)c1. The monoisotopic (exact) mass is 465 g/mol. The van der Waals surface area contributed by atoms with Gasteiger partial charge >= 0.3 is 6.18 Å². The molecule has 0 radical (unpaired) electrons. The van der Waals surface area contributed by atoms with E-state index in [1.54, 1.807) is 6.92 Å². The van der Waals surface area contributed by atoms with E-state index in [9.17, 15) is 26.7 Å². The van der Waals surface area contributed by atoms with Gasteiger partial charge in [0.25, 0.3) is 12.0 Å². The van der Waals surface area contributed by atoms with Crippen molar-refractivity contribution in [2.45, 2.75) is 43.9 Å². The van der Waals surface area contributed by atoms with Crippen molar-refractivity contribution in [2.24, 2.45) is 0 Å². The number of nitrogens with zero attached hydrogens (tertiary/aromatic N) is 3. The zero-order chi connectivity index (χ0) is 24.1. The van der Waals surface area contributed by atoms with E-state index in [1.165, 1.54) is 18.3 Å². The maximum atomic E-state index is 13.6. The van der Waals surface area contributed by atoms with Crippen LogP contribution >= 0.6 is 0 Å². The predicted octanol–water partition coefficient (Wildman–Crippen LogP) is 4.79. The van der Waals surface area contributed by atoms with E-state index in [2.05, 4.69) is 21.9 Å². The zero-order valence-corrected chi connectivity index (χ0v) is 17.5. The summed E-state index contributed by atoms with van der Waals surface area (Å²) in [4.78, 5) is 21.0. The minimum Gasteiger partial charge on any atom is -0.399 e. The standard InChI is InChI=1S/C22H20F5N5O/c1-3-16(12-6-13(22(25,26)27)8-14(28)7-12)31-19-15-10-32(21(4-5-21)20(23)24)18(33)9-17(15)29-11(2)30-19/h3,6-10,16,20H,1,4-5,28H2,2H3,(H,29,30,31). The normalized spacial score (nSPS) is 16.1. The minimum atomic E-state index is -4.60. The van der Waals surface area contributed by atoms with Gasteiger partial charge in [-0.3, -0.25) is 4.79 Å². The van der Waals surface area contributed by atoms with Gasteiger partial charge in [-0.25, -0.2) is 18.7 Å². The highest BCUT2D eigenvalue weighted by Crippen LogP contribution is 2.48. The summed E-state index contributed by atoms with van der Waals surface area (Å²) < 4.78 is 68.0. The highest BCUT2D eigenvalue weighted by atomic mass is 19.4. The van der Waals surface area contributed by atoms with Crippen LogP contribution in [0.4, 0.5) is 33.5 Å². The second kappa shape index (κ2) is 7.82. The van der Waals surface area contributed by atoms with Crippen molar-refractivity contribution in [1.82, 2.24) is 14.5 Å². The van der Waals surface area contributed by atoms with Gasteiger partial charge in [-0.15, -0.1) is 6.58 Å². The fourth-order valence-electron chi connectivity index (χ4n) is 3.82. The van der Waals surface area contributed by atoms with Crippen LogP contribution in [0.15, 0.2) is 47.9 Å². The number of rotatable bonds is 6. The van der Waals surface area contributed by atoms with Crippen LogP contribution in [-0.2, 0) is 11.7 Å². The summed E-state index contributed by atoms with van der Waals surface area (Å²) in [5.74, 6) is 0.445. The van der Waals surface area contributed by atoms with Gasteiger partial charge in [0.2, 0.25) is 0 Å². The van der Waals surface area contributed by atoms with Gasteiger partial charge in [0.15, 0.2) is 0 Å². The molecule has 4 rings (SSSR count). The summed E-state index contributed by atoms with van der Waals surface area (Å²) in [5.41, 5.74) is 2.90. The van der Waals surface area contributed by atoms with Crippen LogP contribution in [-0.4, -0.2) is 21.0 Å². The highest BCUT2D eigenvalue weighted by molar-refractivity contribution is 5.88. The maximum Gasteiger partial charge on any atom is 0.416 e. The molecule has 174 valence electrons. The fourth-order valence-corrected chi connectivity index (χ4v) is 3.82. The van der Waals surface area contributed by atoms with Gasteiger partial charge in [-0.2, -0.15) is 13.2 Å². The molecule has 33 heavy (non-hydrogen) atoms. The molecule has 1 aliphatic rings. The first kappa shape index (κ1) is 22.7. The quantitative estimate of drug-likeness (QED) is 0.311. The molecule has 3 aromatic rings. The van der Waals surface area contributed by atoms with E-state index >= 15 is 0 Å². The Morgan fingerprint density at radius 1 is 1.21 bits per heavy atom. The second-order valence-electron chi connectivity index (χ2n) is 8.05. The largest absolute Gasteiger partial charge is 0.416 e. The summed E-state index contributed by atoms with van der Waals surface area (Å²) in [5, 5.41) is 3.26. The molecule has 0 saturated heterocycles. The van der Waals surface area contributed by atoms with Crippen molar-refractivity contribution in [3.8, 4) is 0 Å². The maximum absolute atomic E-state index is 13.6. The van der Waals surface area contributed by atoms with E-state index in [0.717, 1.165) is 22.8 Å². The molecular formula is C22H20F5N5O. The number of nitrogens with two attached hydrogens (primary N) is 1. The average Bonchev–Trinajstić information content (AvgIpc) is 3.52. The topological polar surface area (TPSA) is 85.8 Å². The van der Waals surface area contributed by atoms with Gasteiger partial charge in [0.05, 0.1) is 22.5 Å². The Labute approximate surface area is 185 Å². The molecule has 2 heterocycles. The lowest BCUT2D eigenvalue weighted by Gasteiger charge is -2.21. The second-order valence-corrected chi connectivity index (χ2v) is 8.05. The molecule has 0 spiro atoms. The Morgan fingerprint density at radius 3 is 2.48 bits per heavy atom. The lowest BCUT2D eigenvalue weighted by atomic mass is 10.0. The molecule has 2 aromatic heterocycles. The first-order valence-corrected chi connectivity index (χ1v) is 10.0. The van der Waals surface area contributed by atoms with Crippen molar-refractivity contribution in [1.29, 1.82) is 0 Å². The van der Waals surface area contributed by atoms with Crippen LogP contribution in [0.3, 0.4) is 0 Å². The van der Waals surface area contributed by atoms with Gasteiger partial charge < -0.3 is 15.6 Å². The van der Waals surface area contributed by atoms with Crippen LogP contribution in [0.1, 0.15) is 35.8 Å². The molecule has 3 N–H and O–H groups in total. The number of fused-ring (bicyclic) bond motifs is 1. The third kappa shape index (κ3) is 4.14. The molecular weight excluding hydrogens is 445 g/mol. The van der Waals surface area contributed by atoms with Crippen molar-refractivity contribution < 1.29 is 22.0 Å². The first-order chi connectivity index (χ1) is 15.4. The van der Waals surface area contributed by atoms with E-state index in [-0.39, 0.29) is 46.6 Å². The number of benzene rings is 1. The van der Waals surface area contributed by atoms with E-state index in [0.29, 0.717) is 0 Å². The summed E-state index contributed by atoms with van der Waals surface area (Å²) in [6, 6.07) is 3.45. The third-order valence-electron chi connectivity index (χ3n) is 5.68. The lowest BCUT2D eigenvalue weighted by Crippen LogP contribution is -2.35. The molecule has 1 aliphatic carbocycles. The molecule has 6 nitrogen and oxygen atoms in total. The molecule has 0 amide bonds. The smallest absolute Gasteiger partial charge is 0.399 e. The number of hydrogen-bond acceptors (Lipinski definition) is 5. The number of halogens is 5. The lowest BCUT2D eigenvalue weighted by molar-refractivity contribution is -0.137. The molecule has 0 bridgehead atoms. The molecule has 0 aliphatic heterocycles. The summed E-state index contributed by atoms with van der Waals surface area (Å²) >= 11 is 0. The molecule has 1 aromatic carbocycles. The number of alkyl halides is 5. The number of nitrogen functional groups attached to an aromatic ring is 1. The van der Waals surface area contributed by atoms with Crippen LogP contribution in [0, 0.1) is 6.92 Å². The van der Waals surface area contributed by atoms with Crippen LogP contribution in [0.5, 0.6) is 0 Å². The Kier molecular flexibility index (Phi) is 5.38. The number of aromatic nitrogens is 3. The van der Waals surface area contributed by atoms with Crippen molar-refractivity contribution in [3.05, 3.63) is 70.4 Å². The van der Waals surface area contributed by atoms with Gasteiger partial charge in [0, 0.05) is 18.0 Å². The summed E-state index contributed by atoms with van der Waals surface area (Å²) in [6.45, 7) is 5.25. The number of nitrogens with one attached hydrogen (secondary N) is 1. The number of aryl methyl sites for hydroxylation is 1. The van der Waals surface area contributed by atoms with Gasteiger partial charge in [-0.1, -0.05) is 6.08 Å². The van der Waals surface area contributed by atoms with Gasteiger partial charge in [0.1, 0.15) is 17.2 Å². The van der Waals surface area contributed by atoms with Crippen molar-refractivity contribution in [2.75, 3.05) is 11.1 Å². The fraction of sp³-hybridized carbons (Fsp3) is 0.318. The number of anilines is 2. The number of pyridine rings is 1. The Balaban J connectivity index is 1.82. The molecule has 1 fully saturated rings. The average molecular weight is 465 g/mol. The highest BCUT2D eigenvalue weighted by Gasteiger charge is 2.53. The minimum absolute atomic E-state index is 0.0846. The number of hydrogen-bond donors (Lipinski definition) is 2. The van der Waals surface area contributed by atoms with Crippen LogP contribution in [0.25, 0.3) is 10.9 Å².